The van der Waals surface area contributed by atoms with E-state index in [2.05, 4.69) is 11.7 Å². The van der Waals surface area contributed by atoms with Crippen LogP contribution in [0.15, 0.2) is 41.7 Å². The molecule has 1 aromatic heterocycles. The van der Waals surface area contributed by atoms with Gasteiger partial charge in [0.15, 0.2) is 0 Å². The molecular formula is C11H10N2O3. The van der Waals surface area contributed by atoms with E-state index in [1.807, 2.05) is 0 Å². The lowest BCUT2D eigenvalue weighted by Gasteiger charge is -2.02. The van der Waals surface area contributed by atoms with Crippen molar-refractivity contribution in [2.45, 2.75) is 0 Å². The van der Waals surface area contributed by atoms with Crippen LogP contribution in [-0.4, -0.2) is 22.5 Å². The SMILES string of the molecule is C=CCOC(=O)n1[nH]c(=O)c2ccccc21. The predicted octanol–water partition coefficient (Wildman–Crippen LogP) is 1.50. The van der Waals surface area contributed by atoms with Gasteiger partial charge in [-0.15, -0.1) is 0 Å². The average Bonchev–Trinajstić information content (AvgIpc) is 2.65. The second-order valence-corrected chi connectivity index (χ2v) is 3.16. The highest BCUT2D eigenvalue weighted by Gasteiger charge is 2.12. The van der Waals surface area contributed by atoms with Crippen LogP contribution in [0.25, 0.3) is 10.9 Å². The lowest BCUT2D eigenvalue weighted by molar-refractivity contribution is 0.157. The maximum atomic E-state index is 11.6. The Labute approximate surface area is 90.9 Å². The first-order valence-corrected chi connectivity index (χ1v) is 4.72. The van der Waals surface area contributed by atoms with Gasteiger partial charge in [0.05, 0.1) is 10.9 Å². The van der Waals surface area contributed by atoms with E-state index in [0.29, 0.717) is 10.9 Å². The van der Waals surface area contributed by atoms with Crippen LogP contribution in [0, 0.1) is 0 Å². The minimum atomic E-state index is -0.627. The normalized spacial score (nSPS) is 10.2. The van der Waals surface area contributed by atoms with E-state index in [1.54, 1.807) is 24.3 Å². The van der Waals surface area contributed by atoms with Gasteiger partial charge in [0.2, 0.25) is 0 Å². The standard InChI is InChI=1S/C11H10N2O3/c1-2-7-16-11(15)13-9-6-4-3-5-8(9)10(14)12-13/h2-6H,1,7H2,(H,12,14). The predicted molar refractivity (Wildman–Crippen MR) is 59.5 cm³/mol. The van der Waals surface area contributed by atoms with Gasteiger partial charge in [0, 0.05) is 0 Å². The third kappa shape index (κ3) is 1.63. The number of rotatable bonds is 2. The number of benzene rings is 1. The molecule has 1 N–H and O–H groups in total. The number of hydrogen-bond acceptors (Lipinski definition) is 3. The number of hydrogen-bond donors (Lipinski definition) is 1. The molecule has 5 heteroatoms. The van der Waals surface area contributed by atoms with Crippen molar-refractivity contribution >= 4 is 17.0 Å². The molecule has 0 unspecified atom stereocenters. The third-order valence-electron chi connectivity index (χ3n) is 2.11. The van der Waals surface area contributed by atoms with E-state index in [9.17, 15) is 9.59 Å². The summed E-state index contributed by atoms with van der Waals surface area (Å²) in [5.74, 6) is 0. The molecule has 0 bridgehead atoms. The Balaban J connectivity index is 2.49. The average molecular weight is 218 g/mol. The van der Waals surface area contributed by atoms with Crippen LogP contribution in [-0.2, 0) is 4.74 Å². The third-order valence-corrected chi connectivity index (χ3v) is 2.11. The van der Waals surface area contributed by atoms with Crippen LogP contribution in [0.3, 0.4) is 0 Å². The summed E-state index contributed by atoms with van der Waals surface area (Å²) in [6, 6.07) is 6.79. The van der Waals surface area contributed by atoms with Gasteiger partial charge < -0.3 is 4.74 Å². The van der Waals surface area contributed by atoms with Gasteiger partial charge in [0.25, 0.3) is 5.56 Å². The summed E-state index contributed by atoms with van der Waals surface area (Å²) in [6.07, 6.45) is 0.833. The van der Waals surface area contributed by atoms with Crippen molar-refractivity contribution in [1.82, 2.24) is 9.78 Å². The fourth-order valence-corrected chi connectivity index (χ4v) is 1.42. The molecule has 0 aliphatic carbocycles. The molecule has 5 nitrogen and oxygen atoms in total. The van der Waals surface area contributed by atoms with Crippen LogP contribution in [0.5, 0.6) is 0 Å². The first kappa shape index (κ1) is 10.2. The van der Waals surface area contributed by atoms with Crippen molar-refractivity contribution in [3.8, 4) is 0 Å². The van der Waals surface area contributed by atoms with Gasteiger partial charge in [-0.3, -0.25) is 9.89 Å². The number of fused-ring (bicyclic) bond motifs is 1. The van der Waals surface area contributed by atoms with Crippen molar-refractivity contribution in [2.24, 2.45) is 0 Å². The maximum Gasteiger partial charge on any atom is 0.433 e. The van der Waals surface area contributed by atoms with Crippen molar-refractivity contribution < 1.29 is 9.53 Å². The molecule has 1 aromatic carbocycles. The van der Waals surface area contributed by atoms with E-state index in [0.717, 1.165) is 4.68 Å². The summed E-state index contributed by atoms with van der Waals surface area (Å²) in [6.45, 7) is 3.54. The zero-order valence-electron chi connectivity index (χ0n) is 8.47. The van der Waals surface area contributed by atoms with Gasteiger partial charge in [-0.1, -0.05) is 24.8 Å². The van der Waals surface area contributed by atoms with Crippen LogP contribution in [0.4, 0.5) is 4.79 Å². The number of H-pyrrole nitrogens is 1. The molecule has 0 saturated heterocycles. The first-order valence-electron chi connectivity index (χ1n) is 4.72. The minimum Gasteiger partial charge on any atom is -0.444 e. The fraction of sp³-hybridized carbons (Fsp3) is 0.0909. The monoisotopic (exact) mass is 218 g/mol. The van der Waals surface area contributed by atoms with Gasteiger partial charge in [-0.05, 0) is 12.1 Å². The Morgan fingerprint density at radius 1 is 1.50 bits per heavy atom. The zero-order valence-corrected chi connectivity index (χ0v) is 8.47. The topological polar surface area (TPSA) is 64.1 Å². The maximum absolute atomic E-state index is 11.6. The number of ether oxygens (including phenoxy) is 1. The molecule has 82 valence electrons. The second-order valence-electron chi connectivity index (χ2n) is 3.16. The fourth-order valence-electron chi connectivity index (χ4n) is 1.42. The first-order chi connectivity index (χ1) is 7.74. The van der Waals surface area contributed by atoms with E-state index in [1.165, 1.54) is 6.08 Å². The molecule has 0 atom stereocenters. The van der Waals surface area contributed by atoms with E-state index >= 15 is 0 Å². The molecular weight excluding hydrogens is 208 g/mol. The number of aromatic nitrogens is 2. The largest absolute Gasteiger partial charge is 0.444 e. The highest BCUT2D eigenvalue weighted by molar-refractivity contribution is 5.87. The summed E-state index contributed by atoms with van der Waals surface area (Å²) in [5, 5.41) is 2.87. The molecule has 0 aliphatic rings. The molecule has 0 aliphatic heterocycles. The lowest BCUT2D eigenvalue weighted by Crippen LogP contribution is -2.17. The summed E-state index contributed by atoms with van der Waals surface area (Å²) in [4.78, 5) is 23.0. The van der Waals surface area contributed by atoms with Gasteiger partial charge >= 0.3 is 6.09 Å². The molecule has 0 radical (unpaired) electrons. The van der Waals surface area contributed by atoms with Gasteiger partial charge in [-0.2, -0.15) is 4.68 Å². The highest BCUT2D eigenvalue weighted by atomic mass is 16.6. The summed E-state index contributed by atoms with van der Waals surface area (Å²) in [5.41, 5.74) is 0.188. The number of nitrogens with zero attached hydrogens (tertiary/aromatic N) is 1. The molecule has 2 rings (SSSR count). The number of carbonyl (C=O) groups is 1. The van der Waals surface area contributed by atoms with Crippen LogP contribution < -0.4 is 5.56 Å². The van der Waals surface area contributed by atoms with E-state index in [4.69, 9.17) is 4.74 Å². The van der Waals surface area contributed by atoms with Crippen LogP contribution in [0.2, 0.25) is 0 Å². The molecule has 1 heterocycles. The van der Waals surface area contributed by atoms with E-state index < -0.39 is 6.09 Å². The number of para-hydroxylation sites is 1. The minimum absolute atomic E-state index is 0.105. The number of nitrogens with one attached hydrogen (secondary N) is 1. The van der Waals surface area contributed by atoms with Crippen molar-refractivity contribution in [2.75, 3.05) is 6.61 Å². The lowest BCUT2D eigenvalue weighted by atomic mass is 10.2. The van der Waals surface area contributed by atoms with Crippen molar-refractivity contribution in [3.63, 3.8) is 0 Å². The van der Waals surface area contributed by atoms with Crippen LogP contribution >= 0.6 is 0 Å². The number of carbonyl (C=O) groups excluding carboxylic acids is 1. The Morgan fingerprint density at radius 3 is 3.00 bits per heavy atom. The van der Waals surface area contributed by atoms with E-state index in [-0.39, 0.29) is 12.2 Å². The quantitative estimate of drug-likeness (QED) is 0.777. The molecule has 16 heavy (non-hydrogen) atoms. The Bertz CT molecular complexity index is 595. The van der Waals surface area contributed by atoms with Gasteiger partial charge in [0.1, 0.15) is 6.61 Å². The van der Waals surface area contributed by atoms with Gasteiger partial charge in [-0.25, -0.2) is 4.79 Å². The highest BCUT2D eigenvalue weighted by Crippen LogP contribution is 2.08. The number of aromatic amines is 1. The summed E-state index contributed by atoms with van der Waals surface area (Å²) in [7, 11) is 0. The second kappa shape index (κ2) is 4.06. The molecule has 2 aromatic rings. The van der Waals surface area contributed by atoms with Crippen molar-refractivity contribution in [3.05, 3.63) is 47.3 Å². The Morgan fingerprint density at radius 2 is 2.25 bits per heavy atom. The zero-order chi connectivity index (χ0) is 11.5. The molecule has 0 saturated carbocycles. The Hall–Kier alpha value is -2.30. The summed E-state index contributed by atoms with van der Waals surface area (Å²) >= 11 is 0. The van der Waals surface area contributed by atoms with Crippen molar-refractivity contribution in [1.29, 1.82) is 0 Å². The Kier molecular flexibility index (Phi) is 2.59. The summed E-state index contributed by atoms with van der Waals surface area (Å²) < 4.78 is 5.92. The smallest absolute Gasteiger partial charge is 0.433 e. The molecule has 0 fully saturated rings. The molecule has 0 amide bonds. The van der Waals surface area contributed by atoms with Crippen LogP contribution in [0.1, 0.15) is 0 Å². The molecule has 0 spiro atoms.